The van der Waals surface area contributed by atoms with Crippen LogP contribution in [0.15, 0.2) is 6.07 Å². The van der Waals surface area contributed by atoms with E-state index in [2.05, 4.69) is 10.4 Å². The van der Waals surface area contributed by atoms with Gasteiger partial charge in [0, 0.05) is 6.54 Å². The molecule has 0 saturated heterocycles. The molecule has 0 saturated carbocycles. The summed E-state index contributed by atoms with van der Waals surface area (Å²) in [5, 5.41) is 15.4. The number of nitrogens with one attached hydrogen (secondary N) is 1. The van der Waals surface area contributed by atoms with Gasteiger partial charge in [-0.15, -0.1) is 0 Å². The molecule has 2 N–H and O–H groups in total. The first kappa shape index (κ1) is 13.2. The van der Waals surface area contributed by atoms with E-state index in [1.54, 1.807) is 10.7 Å². The maximum Gasteiger partial charge on any atom is 0.325 e. The lowest BCUT2D eigenvalue weighted by atomic mass is 10.2. The molecule has 0 unspecified atom stereocenters. The van der Waals surface area contributed by atoms with Gasteiger partial charge in [0.2, 0.25) is 0 Å². The van der Waals surface area contributed by atoms with Crippen LogP contribution in [0.2, 0.25) is 0 Å². The van der Waals surface area contributed by atoms with Gasteiger partial charge in [-0.1, -0.05) is 6.92 Å². The zero-order chi connectivity index (χ0) is 13.0. The summed E-state index contributed by atoms with van der Waals surface area (Å²) < 4.78 is 1.57. The molecule has 0 bridgehead atoms. The van der Waals surface area contributed by atoms with Crippen molar-refractivity contribution in [2.75, 3.05) is 0 Å². The summed E-state index contributed by atoms with van der Waals surface area (Å²) >= 11 is 0. The summed E-state index contributed by atoms with van der Waals surface area (Å²) in [7, 11) is 0. The van der Waals surface area contributed by atoms with Gasteiger partial charge in [0.1, 0.15) is 11.7 Å². The molecule has 94 valence electrons. The van der Waals surface area contributed by atoms with Gasteiger partial charge >= 0.3 is 5.97 Å². The number of carbonyl (C=O) groups excluding carboxylic acids is 1. The van der Waals surface area contributed by atoms with Gasteiger partial charge in [0.15, 0.2) is 0 Å². The Morgan fingerprint density at radius 1 is 1.53 bits per heavy atom. The van der Waals surface area contributed by atoms with Gasteiger partial charge in [-0.05, 0) is 26.3 Å². The molecule has 0 aliphatic carbocycles. The van der Waals surface area contributed by atoms with Crippen molar-refractivity contribution in [3.8, 4) is 0 Å². The molecule has 0 spiro atoms. The highest BCUT2D eigenvalue weighted by Gasteiger charge is 2.19. The average Bonchev–Trinajstić information content (AvgIpc) is 2.71. The molecule has 1 heterocycles. The molecule has 1 rings (SSSR count). The summed E-state index contributed by atoms with van der Waals surface area (Å²) in [4.78, 5) is 22.5. The number of amides is 1. The Balaban J connectivity index is 2.87. The first-order valence-corrected chi connectivity index (χ1v) is 5.60. The second-order valence-electron chi connectivity index (χ2n) is 3.72. The Kier molecular flexibility index (Phi) is 4.25. The molecule has 6 heteroatoms. The monoisotopic (exact) mass is 239 g/mol. The van der Waals surface area contributed by atoms with Crippen molar-refractivity contribution in [1.82, 2.24) is 15.1 Å². The fraction of sp³-hybridized carbons (Fsp3) is 0.545. The largest absolute Gasteiger partial charge is 0.480 e. The second kappa shape index (κ2) is 5.47. The topological polar surface area (TPSA) is 84.2 Å². The van der Waals surface area contributed by atoms with Crippen molar-refractivity contribution in [3.05, 3.63) is 17.5 Å². The van der Waals surface area contributed by atoms with E-state index in [0.717, 1.165) is 12.1 Å². The van der Waals surface area contributed by atoms with Crippen LogP contribution in [0.5, 0.6) is 0 Å². The van der Waals surface area contributed by atoms with Crippen molar-refractivity contribution >= 4 is 11.9 Å². The highest BCUT2D eigenvalue weighted by Crippen LogP contribution is 2.06. The first-order chi connectivity index (χ1) is 7.99. The number of aryl methyl sites for hydroxylation is 2. The van der Waals surface area contributed by atoms with Crippen LogP contribution in [0.1, 0.15) is 37.0 Å². The first-order valence-electron chi connectivity index (χ1n) is 5.60. The van der Waals surface area contributed by atoms with Gasteiger partial charge in [-0.25, -0.2) is 0 Å². The molecule has 0 radical (unpaired) electrons. The smallest absolute Gasteiger partial charge is 0.325 e. The van der Waals surface area contributed by atoms with Crippen LogP contribution in [-0.2, 0) is 17.8 Å². The maximum atomic E-state index is 11.8. The molecular weight excluding hydrogens is 222 g/mol. The molecule has 6 nitrogen and oxygen atoms in total. The van der Waals surface area contributed by atoms with Crippen LogP contribution < -0.4 is 5.32 Å². The molecular formula is C11H17N3O3. The van der Waals surface area contributed by atoms with Crippen LogP contribution in [0.4, 0.5) is 0 Å². The van der Waals surface area contributed by atoms with E-state index in [0.29, 0.717) is 12.2 Å². The van der Waals surface area contributed by atoms with Gasteiger partial charge in [0.25, 0.3) is 5.91 Å². The van der Waals surface area contributed by atoms with Gasteiger partial charge in [0.05, 0.1) is 5.69 Å². The number of nitrogens with zero attached hydrogens (tertiary/aromatic N) is 2. The van der Waals surface area contributed by atoms with Crippen LogP contribution in [-0.4, -0.2) is 32.8 Å². The highest BCUT2D eigenvalue weighted by atomic mass is 16.4. The summed E-state index contributed by atoms with van der Waals surface area (Å²) in [6, 6.07) is 0.778. The molecule has 1 aromatic heterocycles. The zero-order valence-corrected chi connectivity index (χ0v) is 10.2. The quantitative estimate of drug-likeness (QED) is 0.791. The normalized spacial score (nSPS) is 12.2. The third kappa shape index (κ3) is 3.05. The SMILES string of the molecule is CCc1cc(C(=O)N[C@@H](C)C(=O)O)n(CC)n1. The standard InChI is InChI=1S/C11H17N3O3/c1-4-8-6-9(14(5-2)13-8)10(15)12-7(3)11(16)17/h6-7H,4-5H2,1-3H3,(H,12,15)(H,16,17)/t7-/m0/s1. The fourth-order valence-electron chi connectivity index (χ4n) is 1.40. The molecule has 0 aromatic carbocycles. The average molecular weight is 239 g/mol. The number of aromatic nitrogens is 2. The third-order valence-electron chi connectivity index (χ3n) is 2.44. The molecule has 17 heavy (non-hydrogen) atoms. The summed E-state index contributed by atoms with van der Waals surface area (Å²) in [5.74, 6) is -1.47. The van der Waals surface area contributed by atoms with Crippen molar-refractivity contribution in [2.45, 2.75) is 39.8 Å². The Hall–Kier alpha value is -1.85. The summed E-state index contributed by atoms with van der Waals surface area (Å²) in [6.45, 7) is 5.82. The lowest BCUT2D eigenvalue weighted by Crippen LogP contribution is -2.39. The minimum atomic E-state index is -1.06. The van der Waals surface area contributed by atoms with Crippen molar-refractivity contribution in [1.29, 1.82) is 0 Å². The van der Waals surface area contributed by atoms with Crippen molar-refractivity contribution in [2.24, 2.45) is 0 Å². The van der Waals surface area contributed by atoms with Crippen LogP contribution >= 0.6 is 0 Å². The van der Waals surface area contributed by atoms with E-state index < -0.39 is 17.9 Å². The number of aliphatic carboxylic acids is 1. The third-order valence-corrected chi connectivity index (χ3v) is 2.44. The Labute approximate surface area is 99.6 Å². The lowest BCUT2D eigenvalue weighted by Gasteiger charge is -2.09. The van der Waals surface area contributed by atoms with E-state index in [1.807, 2.05) is 13.8 Å². The molecule has 1 aromatic rings. The van der Waals surface area contributed by atoms with E-state index in [9.17, 15) is 9.59 Å². The lowest BCUT2D eigenvalue weighted by molar-refractivity contribution is -0.138. The van der Waals surface area contributed by atoms with Crippen molar-refractivity contribution < 1.29 is 14.7 Å². The summed E-state index contributed by atoms with van der Waals surface area (Å²) in [6.07, 6.45) is 0.738. The van der Waals surface area contributed by atoms with E-state index in [4.69, 9.17) is 5.11 Å². The van der Waals surface area contributed by atoms with Crippen LogP contribution in [0, 0.1) is 0 Å². The van der Waals surface area contributed by atoms with E-state index in [1.165, 1.54) is 6.92 Å². The molecule has 0 fully saturated rings. The number of carboxylic acid groups (broad SMARTS) is 1. The number of rotatable bonds is 5. The Morgan fingerprint density at radius 2 is 2.18 bits per heavy atom. The van der Waals surface area contributed by atoms with Gasteiger partial charge in [-0.3, -0.25) is 14.3 Å². The highest BCUT2D eigenvalue weighted by molar-refractivity contribution is 5.95. The predicted octanol–water partition coefficient (Wildman–Crippen LogP) is 0.668. The fourth-order valence-corrected chi connectivity index (χ4v) is 1.40. The Bertz CT molecular complexity index is 426. The zero-order valence-electron chi connectivity index (χ0n) is 10.2. The molecule has 1 atom stereocenters. The molecule has 1 amide bonds. The number of hydrogen-bond donors (Lipinski definition) is 2. The Morgan fingerprint density at radius 3 is 2.65 bits per heavy atom. The minimum Gasteiger partial charge on any atom is -0.480 e. The number of carbonyl (C=O) groups is 2. The number of carboxylic acids is 1. The predicted molar refractivity (Wildman–Crippen MR) is 61.8 cm³/mol. The maximum absolute atomic E-state index is 11.8. The number of hydrogen-bond acceptors (Lipinski definition) is 3. The molecule has 0 aliphatic heterocycles. The second-order valence-corrected chi connectivity index (χ2v) is 3.72. The van der Waals surface area contributed by atoms with Crippen molar-refractivity contribution in [3.63, 3.8) is 0 Å². The van der Waals surface area contributed by atoms with E-state index in [-0.39, 0.29) is 0 Å². The minimum absolute atomic E-state index is 0.400. The van der Waals surface area contributed by atoms with Gasteiger partial charge in [-0.2, -0.15) is 5.10 Å². The van der Waals surface area contributed by atoms with Crippen LogP contribution in [0.25, 0.3) is 0 Å². The van der Waals surface area contributed by atoms with Crippen LogP contribution in [0.3, 0.4) is 0 Å². The van der Waals surface area contributed by atoms with E-state index >= 15 is 0 Å². The van der Waals surface area contributed by atoms with Gasteiger partial charge < -0.3 is 10.4 Å². The molecule has 0 aliphatic rings. The summed E-state index contributed by atoms with van der Waals surface area (Å²) in [5.41, 5.74) is 1.22.